The Kier molecular flexibility index (Phi) is 6.62. The van der Waals surface area contributed by atoms with E-state index in [9.17, 15) is 14.4 Å². The van der Waals surface area contributed by atoms with Gasteiger partial charge in [0.1, 0.15) is 5.00 Å². The number of aryl methyl sites for hydroxylation is 1. The van der Waals surface area contributed by atoms with Gasteiger partial charge in [-0.3, -0.25) is 9.59 Å². The van der Waals surface area contributed by atoms with Gasteiger partial charge in [0.15, 0.2) is 0 Å². The highest BCUT2D eigenvalue weighted by Gasteiger charge is 2.38. The molecule has 0 aliphatic heterocycles. The number of thiophene rings is 1. The summed E-state index contributed by atoms with van der Waals surface area (Å²) in [4.78, 5) is 37.8. The highest BCUT2D eigenvalue weighted by Crippen LogP contribution is 2.45. The maximum absolute atomic E-state index is 12.4. The largest absolute Gasteiger partial charge is 0.469 e. The van der Waals surface area contributed by atoms with Crippen molar-refractivity contribution in [1.29, 1.82) is 0 Å². The number of carbonyl (C=O) groups is 3. The topological polar surface area (TPSA) is 81.7 Å². The minimum atomic E-state index is -0.613. The maximum atomic E-state index is 12.4. The zero-order valence-electron chi connectivity index (χ0n) is 15.6. The Hall–Kier alpha value is -2.35. The molecule has 3 rings (SSSR count). The fourth-order valence-corrected chi connectivity index (χ4v) is 4.93. The second-order valence-electron chi connectivity index (χ2n) is 6.24. The van der Waals surface area contributed by atoms with Gasteiger partial charge in [0.25, 0.3) is 0 Å². The third-order valence-electron chi connectivity index (χ3n) is 4.52. The molecule has 0 spiro atoms. The highest BCUT2D eigenvalue weighted by molar-refractivity contribution is 7.17. The van der Waals surface area contributed by atoms with Gasteiger partial charge in [-0.25, -0.2) is 4.79 Å². The van der Waals surface area contributed by atoms with E-state index in [4.69, 9.17) is 32.7 Å². The lowest BCUT2D eigenvalue weighted by molar-refractivity contribution is -0.142. The summed E-state index contributed by atoms with van der Waals surface area (Å²) in [6, 6.07) is 4.93. The van der Waals surface area contributed by atoms with Crippen LogP contribution in [0.1, 0.15) is 38.7 Å². The molecule has 1 amide bonds. The van der Waals surface area contributed by atoms with E-state index in [0.717, 1.165) is 4.88 Å². The molecular weight excluding hydrogens is 437 g/mol. The van der Waals surface area contributed by atoms with E-state index >= 15 is 0 Å². The number of rotatable bonds is 5. The monoisotopic (exact) mass is 453 g/mol. The molecule has 1 N–H and O–H groups in total. The maximum Gasteiger partial charge on any atom is 0.341 e. The number of nitrogens with one attached hydrogen (secondary N) is 1. The molecule has 0 unspecified atom stereocenters. The standard InChI is InChI=1S/C20H17Cl2NO5S/c1-27-19(25)12-6-7-14-16(12)17(20(26)28-2)18(29-14)23-15(24)8-4-10-3-5-11(21)9-13(10)22/h3-5,8-9,12H,6-7H2,1-2H3,(H,23,24)/b8-4+/t12-/m0/s1. The number of carbonyl (C=O) groups excluding carboxylic acids is 3. The Bertz CT molecular complexity index is 1010. The number of methoxy groups -OCH3 is 2. The number of halogens is 2. The van der Waals surface area contributed by atoms with Crippen LogP contribution in [0.25, 0.3) is 6.08 Å². The lowest BCUT2D eigenvalue weighted by atomic mass is 9.99. The first kappa shape index (κ1) is 21.4. The predicted octanol–water partition coefficient (Wildman–Crippen LogP) is 4.70. The lowest BCUT2D eigenvalue weighted by Crippen LogP contribution is -2.16. The van der Waals surface area contributed by atoms with E-state index in [1.165, 1.54) is 31.6 Å². The Labute approximate surface area is 181 Å². The molecule has 1 heterocycles. The first-order valence-corrected chi connectivity index (χ1v) is 10.2. The van der Waals surface area contributed by atoms with Gasteiger partial charge >= 0.3 is 11.9 Å². The summed E-state index contributed by atoms with van der Waals surface area (Å²) in [6.45, 7) is 0. The quantitative estimate of drug-likeness (QED) is 0.524. The van der Waals surface area contributed by atoms with Crippen LogP contribution in [-0.4, -0.2) is 32.1 Å². The average molecular weight is 454 g/mol. The molecule has 29 heavy (non-hydrogen) atoms. The molecule has 0 fully saturated rings. The van der Waals surface area contributed by atoms with Gasteiger partial charge < -0.3 is 14.8 Å². The van der Waals surface area contributed by atoms with Crippen LogP contribution < -0.4 is 5.32 Å². The van der Waals surface area contributed by atoms with Crippen LogP contribution >= 0.6 is 34.5 Å². The molecule has 1 aliphatic rings. The fourth-order valence-electron chi connectivity index (χ4n) is 3.19. The smallest absolute Gasteiger partial charge is 0.341 e. The number of hydrogen-bond donors (Lipinski definition) is 1. The van der Waals surface area contributed by atoms with Crippen LogP contribution in [0, 0.1) is 0 Å². The third-order valence-corrected chi connectivity index (χ3v) is 6.26. The van der Waals surface area contributed by atoms with Crippen LogP contribution in [0.2, 0.25) is 10.0 Å². The number of fused-ring (bicyclic) bond motifs is 1. The fraction of sp³-hybridized carbons (Fsp3) is 0.250. The molecule has 0 bridgehead atoms. The van der Waals surface area contributed by atoms with Gasteiger partial charge in [-0.15, -0.1) is 11.3 Å². The molecule has 0 radical (unpaired) electrons. The SMILES string of the molecule is COC(=O)c1c(NC(=O)/C=C/c2ccc(Cl)cc2Cl)sc2c1[C@@H](C(=O)OC)CC2. The van der Waals surface area contributed by atoms with Gasteiger partial charge in [-0.1, -0.05) is 29.3 Å². The Balaban J connectivity index is 1.87. The summed E-state index contributed by atoms with van der Waals surface area (Å²) in [6.07, 6.45) is 4.03. The normalized spacial score (nSPS) is 15.2. The van der Waals surface area contributed by atoms with Crippen molar-refractivity contribution in [3.63, 3.8) is 0 Å². The Morgan fingerprint density at radius 3 is 2.62 bits per heavy atom. The highest BCUT2D eigenvalue weighted by atomic mass is 35.5. The van der Waals surface area contributed by atoms with Crippen molar-refractivity contribution in [2.45, 2.75) is 18.8 Å². The Morgan fingerprint density at radius 1 is 1.21 bits per heavy atom. The third kappa shape index (κ3) is 4.47. The minimum Gasteiger partial charge on any atom is -0.469 e. The van der Waals surface area contributed by atoms with Gasteiger partial charge in [0, 0.05) is 21.0 Å². The number of benzene rings is 1. The molecule has 2 aromatic rings. The van der Waals surface area contributed by atoms with Crippen molar-refractivity contribution in [2.75, 3.05) is 19.5 Å². The summed E-state index contributed by atoms with van der Waals surface area (Å²) in [5, 5.41) is 3.95. The van der Waals surface area contributed by atoms with E-state index in [2.05, 4.69) is 5.32 Å². The van der Waals surface area contributed by atoms with Crippen LogP contribution in [0.4, 0.5) is 5.00 Å². The summed E-state index contributed by atoms with van der Waals surface area (Å²) in [5.41, 5.74) is 1.40. The second-order valence-corrected chi connectivity index (χ2v) is 8.19. The van der Waals surface area contributed by atoms with E-state index in [-0.39, 0.29) is 5.56 Å². The van der Waals surface area contributed by atoms with Gasteiger partial charge in [0.05, 0.1) is 25.7 Å². The average Bonchev–Trinajstić information content (AvgIpc) is 3.24. The number of anilines is 1. The molecule has 1 atom stereocenters. The van der Waals surface area contributed by atoms with Gasteiger partial charge in [-0.2, -0.15) is 0 Å². The number of esters is 2. The zero-order valence-corrected chi connectivity index (χ0v) is 17.9. The molecule has 9 heteroatoms. The van der Waals surface area contributed by atoms with Crippen molar-refractivity contribution in [2.24, 2.45) is 0 Å². The molecule has 0 saturated heterocycles. The van der Waals surface area contributed by atoms with E-state index in [1.807, 2.05) is 0 Å². The molecule has 0 saturated carbocycles. The van der Waals surface area contributed by atoms with Crippen molar-refractivity contribution < 1.29 is 23.9 Å². The summed E-state index contributed by atoms with van der Waals surface area (Å²) < 4.78 is 9.73. The van der Waals surface area contributed by atoms with E-state index in [0.29, 0.717) is 39.0 Å². The molecule has 1 aliphatic carbocycles. The predicted molar refractivity (Wildman–Crippen MR) is 113 cm³/mol. The van der Waals surface area contributed by atoms with Crippen molar-refractivity contribution >= 4 is 63.5 Å². The second kappa shape index (κ2) is 8.98. The van der Waals surface area contributed by atoms with Crippen LogP contribution in [0.15, 0.2) is 24.3 Å². The first-order chi connectivity index (χ1) is 13.8. The van der Waals surface area contributed by atoms with Crippen molar-refractivity contribution in [1.82, 2.24) is 0 Å². The lowest BCUT2D eigenvalue weighted by Gasteiger charge is -2.11. The molecule has 1 aromatic heterocycles. The zero-order chi connectivity index (χ0) is 21.1. The van der Waals surface area contributed by atoms with Crippen LogP contribution in [-0.2, 0) is 25.5 Å². The van der Waals surface area contributed by atoms with Gasteiger partial charge in [-0.05, 0) is 42.2 Å². The van der Waals surface area contributed by atoms with Crippen molar-refractivity contribution in [3.05, 3.63) is 55.9 Å². The molecular formula is C20H17Cl2NO5S. The first-order valence-electron chi connectivity index (χ1n) is 8.61. The summed E-state index contributed by atoms with van der Waals surface area (Å²) >= 11 is 13.2. The number of amides is 1. The van der Waals surface area contributed by atoms with Crippen LogP contribution in [0.5, 0.6) is 0 Å². The number of ether oxygens (including phenoxy) is 2. The number of hydrogen-bond acceptors (Lipinski definition) is 6. The molecule has 6 nitrogen and oxygen atoms in total. The summed E-state index contributed by atoms with van der Waals surface area (Å²) in [5.74, 6) is -2.02. The molecule has 1 aromatic carbocycles. The summed E-state index contributed by atoms with van der Waals surface area (Å²) in [7, 11) is 2.56. The van der Waals surface area contributed by atoms with Crippen molar-refractivity contribution in [3.8, 4) is 0 Å². The molecule has 152 valence electrons. The van der Waals surface area contributed by atoms with E-state index in [1.54, 1.807) is 24.3 Å². The van der Waals surface area contributed by atoms with Gasteiger partial charge in [0.2, 0.25) is 5.91 Å². The minimum absolute atomic E-state index is 0.201. The van der Waals surface area contributed by atoms with Crippen LogP contribution in [0.3, 0.4) is 0 Å². The Morgan fingerprint density at radius 2 is 1.97 bits per heavy atom. The van der Waals surface area contributed by atoms with E-state index < -0.39 is 23.8 Å².